The van der Waals surface area contributed by atoms with Crippen LogP contribution in [-0.2, 0) is 21.4 Å². The van der Waals surface area contributed by atoms with Gasteiger partial charge in [0.05, 0.1) is 18.5 Å². The largest absolute Gasteiger partial charge is 0.489 e. The molecule has 1 N–H and O–H groups in total. The van der Waals surface area contributed by atoms with Crippen molar-refractivity contribution in [1.29, 1.82) is 0 Å². The molecule has 8 heteroatoms. The zero-order chi connectivity index (χ0) is 22.7. The van der Waals surface area contributed by atoms with E-state index in [9.17, 15) is 13.2 Å². The number of carbonyl (C=O) groups is 1. The molecule has 3 aromatic rings. The minimum absolute atomic E-state index is 0.0978. The van der Waals surface area contributed by atoms with Gasteiger partial charge in [0.2, 0.25) is 10.0 Å². The van der Waals surface area contributed by atoms with Gasteiger partial charge in [-0.15, -0.1) is 0 Å². The van der Waals surface area contributed by atoms with Crippen molar-refractivity contribution in [3.8, 4) is 11.5 Å². The smallest absolute Gasteiger partial charge is 0.267 e. The molecule has 0 saturated heterocycles. The molecule has 3 aromatic carbocycles. The van der Waals surface area contributed by atoms with Gasteiger partial charge in [-0.1, -0.05) is 36.4 Å². The molecule has 32 heavy (non-hydrogen) atoms. The van der Waals surface area contributed by atoms with E-state index in [2.05, 4.69) is 5.32 Å². The highest BCUT2D eigenvalue weighted by Crippen LogP contribution is 2.36. The van der Waals surface area contributed by atoms with E-state index in [-0.39, 0.29) is 6.54 Å². The molecular formula is C24H24N2O5S. The minimum atomic E-state index is -3.57. The predicted octanol–water partition coefficient (Wildman–Crippen LogP) is 3.74. The number of carbonyl (C=O) groups excluding carboxylic acids is 1. The van der Waals surface area contributed by atoms with Crippen molar-refractivity contribution in [3.05, 3.63) is 83.9 Å². The second-order valence-electron chi connectivity index (χ2n) is 7.66. The van der Waals surface area contributed by atoms with E-state index in [0.717, 1.165) is 17.4 Å². The van der Waals surface area contributed by atoms with Crippen LogP contribution in [0.1, 0.15) is 11.1 Å². The zero-order valence-corrected chi connectivity index (χ0v) is 18.6. The topological polar surface area (TPSA) is 84.9 Å². The summed E-state index contributed by atoms with van der Waals surface area (Å²) in [5.74, 6) is 0.605. The van der Waals surface area contributed by atoms with Crippen molar-refractivity contribution in [1.82, 2.24) is 0 Å². The van der Waals surface area contributed by atoms with Crippen LogP contribution >= 0.6 is 0 Å². The Morgan fingerprint density at radius 1 is 1.09 bits per heavy atom. The van der Waals surface area contributed by atoms with Gasteiger partial charge >= 0.3 is 0 Å². The second kappa shape index (κ2) is 8.92. The van der Waals surface area contributed by atoms with E-state index in [1.165, 1.54) is 4.31 Å². The van der Waals surface area contributed by atoms with Crippen LogP contribution in [0, 0.1) is 6.92 Å². The van der Waals surface area contributed by atoms with E-state index in [1.807, 2.05) is 43.3 Å². The summed E-state index contributed by atoms with van der Waals surface area (Å²) in [6, 6.07) is 22.0. The molecule has 1 aliphatic heterocycles. The number of ether oxygens (including phenoxy) is 2. The molecule has 0 saturated carbocycles. The highest BCUT2D eigenvalue weighted by atomic mass is 32.2. The number of rotatable bonds is 6. The number of fused-ring (bicyclic) bond motifs is 1. The van der Waals surface area contributed by atoms with Crippen LogP contribution in [0.5, 0.6) is 11.5 Å². The third-order valence-electron chi connectivity index (χ3n) is 5.05. The molecule has 1 heterocycles. The van der Waals surface area contributed by atoms with Gasteiger partial charge in [0.25, 0.3) is 5.91 Å². The number of nitrogens with one attached hydrogen (secondary N) is 1. The van der Waals surface area contributed by atoms with Crippen LogP contribution in [0.2, 0.25) is 0 Å². The lowest BCUT2D eigenvalue weighted by atomic mass is 10.1. The number of aryl methyl sites for hydroxylation is 1. The van der Waals surface area contributed by atoms with Gasteiger partial charge < -0.3 is 14.8 Å². The number of amides is 1. The van der Waals surface area contributed by atoms with E-state index < -0.39 is 22.0 Å². The summed E-state index contributed by atoms with van der Waals surface area (Å²) >= 11 is 0. The summed E-state index contributed by atoms with van der Waals surface area (Å²) in [7, 11) is -3.57. The van der Waals surface area contributed by atoms with Crippen molar-refractivity contribution in [2.45, 2.75) is 19.6 Å². The molecule has 1 atom stereocenters. The Balaban J connectivity index is 1.43. The maximum atomic E-state index is 12.8. The average Bonchev–Trinajstić information content (AvgIpc) is 2.78. The third-order valence-corrected chi connectivity index (χ3v) is 6.19. The van der Waals surface area contributed by atoms with E-state index >= 15 is 0 Å². The first-order valence-electron chi connectivity index (χ1n) is 10.1. The maximum absolute atomic E-state index is 12.8. The van der Waals surface area contributed by atoms with Crippen LogP contribution in [0.15, 0.2) is 72.8 Å². The Bertz CT molecular complexity index is 1210. The molecular weight excluding hydrogens is 428 g/mol. The van der Waals surface area contributed by atoms with Gasteiger partial charge in [0.15, 0.2) is 6.10 Å². The highest BCUT2D eigenvalue weighted by molar-refractivity contribution is 7.92. The number of hydrogen-bond acceptors (Lipinski definition) is 5. The molecule has 1 amide bonds. The molecule has 1 unspecified atom stereocenters. The highest BCUT2D eigenvalue weighted by Gasteiger charge is 2.35. The first-order valence-corrected chi connectivity index (χ1v) is 12.0. The third kappa shape index (κ3) is 5.03. The van der Waals surface area contributed by atoms with Crippen molar-refractivity contribution >= 4 is 27.3 Å². The van der Waals surface area contributed by atoms with E-state index in [4.69, 9.17) is 9.47 Å². The Hall–Kier alpha value is -3.52. The van der Waals surface area contributed by atoms with Gasteiger partial charge in [-0.25, -0.2) is 8.42 Å². The van der Waals surface area contributed by atoms with Gasteiger partial charge in [-0.2, -0.15) is 0 Å². The van der Waals surface area contributed by atoms with E-state index in [1.54, 1.807) is 36.4 Å². The van der Waals surface area contributed by atoms with E-state index in [0.29, 0.717) is 29.5 Å². The monoisotopic (exact) mass is 452 g/mol. The average molecular weight is 453 g/mol. The molecule has 0 radical (unpaired) electrons. The quantitative estimate of drug-likeness (QED) is 0.616. The Morgan fingerprint density at radius 2 is 1.81 bits per heavy atom. The van der Waals surface area contributed by atoms with Crippen LogP contribution < -0.4 is 19.1 Å². The van der Waals surface area contributed by atoms with Gasteiger partial charge in [-0.3, -0.25) is 9.10 Å². The zero-order valence-electron chi connectivity index (χ0n) is 17.8. The minimum Gasteiger partial charge on any atom is -0.489 e. The number of sulfonamides is 1. The maximum Gasteiger partial charge on any atom is 0.267 e. The van der Waals surface area contributed by atoms with Crippen molar-refractivity contribution in [3.63, 3.8) is 0 Å². The summed E-state index contributed by atoms with van der Waals surface area (Å²) in [5, 5.41) is 2.79. The number of benzene rings is 3. The van der Waals surface area contributed by atoms with Gasteiger partial charge in [-0.05, 0) is 54.4 Å². The molecule has 0 aliphatic carbocycles. The number of nitrogens with zero attached hydrogens (tertiary/aromatic N) is 1. The van der Waals surface area contributed by atoms with Crippen molar-refractivity contribution < 1.29 is 22.7 Å². The normalized spacial score (nSPS) is 15.4. The summed E-state index contributed by atoms with van der Waals surface area (Å²) in [5.41, 5.74) is 2.96. The van der Waals surface area contributed by atoms with Crippen LogP contribution in [0.25, 0.3) is 0 Å². The molecule has 0 spiro atoms. The lowest BCUT2D eigenvalue weighted by molar-refractivity contribution is -0.122. The van der Waals surface area contributed by atoms with Crippen LogP contribution in [0.4, 0.5) is 11.4 Å². The lowest BCUT2D eigenvalue weighted by Gasteiger charge is -2.34. The molecule has 7 nitrogen and oxygen atoms in total. The lowest BCUT2D eigenvalue weighted by Crippen LogP contribution is -2.48. The molecule has 0 bridgehead atoms. The SMILES string of the molecule is Cc1ccc2c(c1)N(S(C)(=O)=O)CC(C(=O)Nc1ccc(OCc3ccccc3)cc1)O2. The molecule has 0 fully saturated rings. The summed E-state index contributed by atoms with van der Waals surface area (Å²) in [4.78, 5) is 12.8. The van der Waals surface area contributed by atoms with Gasteiger partial charge in [0.1, 0.15) is 18.1 Å². The molecule has 166 valence electrons. The Labute approximate surface area is 187 Å². The summed E-state index contributed by atoms with van der Waals surface area (Å²) in [6.07, 6.45) is 0.141. The summed E-state index contributed by atoms with van der Waals surface area (Å²) in [6.45, 7) is 2.22. The van der Waals surface area contributed by atoms with Crippen LogP contribution in [0.3, 0.4) is 0 Å². The molecule has 0 aromatic heterocycles. The molecule has 4 rings (SSSR count). The number of anilines is 2. The van der Waals surface area contributed by atoms with Crippen molar-refractivity contribution in [2.24, 2.45) is 0 Å². The first-order chi connectivity index (χ1) is 15.3. The fraction of sp³-hybridized carbons (Fsp3) is 0.208. The summed E-state index contributed by atoms with van der Waals surface area (Å²) < 4.78 is 37.4. The standard InChI is InChI=1S/C24H24N2O5S/c1-17-8-13-22-21(14-17)26(32(2,28)29)15-23(31-22)24(27)25-19-9-11-20(12-10-19)30-16-18-6-4-3-5-7-18/h3-14,23H,15-16H2,1-2H3,(H,25,27). The number of hydrogen-bond donors (Lipinski definition) is 1. The predicted molar refractivity (Wildman–Crippen MR) is 124 cm³/mol. The first kappa shape index (κ1) is 21.7. The fourth-order valence-corrected chi connectivity index (χ4v) is 4.32. The Kier molecular flexibility index (Phi) is 6.05. The van der Waals surface area contributed by atoms with Crippen LogP contribution in [-0.4, -0.2) is 33.2 Å². The second-order valence-corrected chi connectivity index (χ2v) is 9.57. The molecule has 1 aliphatic rings. The Morgan fingerprint density at radius 3 is 2.50 bits per heavy atom. The fourth-order valence-electron chi connectivity index (χ4n) is 3.41. The van der Waals surface area contributed by atoms with Crippen molar-refractivity contribution in [2.75, 3.05) is 22.4 Å². The van der Waals surface area contributed by atoms with Gasteiger partial charge in [0, 0.05) is 5.69 Å².